The molecule has 0 saturated carbocycles. The fourth-order valence-corrected chi connectivity index (χ4v) is 1.85. The van der Waals surface area contributed by atoms with Crippen molar-refractivity contribution in [2.75, 3.05) is 11.9 Å². The van der Waals surface area contributed by atoms with Crippen LogP contribution in [0.1, 0.15) is 5.56 Å². The van der Waals surface area contributed by atoms with Crippen LogP contribution in [0.15, 0.2) is 29.8 Å². The molecule has 0 atom stereocenters. The third-order valence-corrected chi connectivity index (χ3v) is 2.66. The first-order valence-corrected chi connectivity index (χ1v) is 4.89. The number of benzene rings is 1. The summed E-state index contributed by atoms with van der Waals surface area (Å²) in [7, 11) is 1.59. The average molecular weight is 227 g/mol. The highest BCUT2D eigenvalue weighted by atomic mass is 16.2. The monoisotopic (exact) mass is 227 g/mol. The summed E-state index contributed by atoms with van der Waals surface area (Å²) >= 11 is 0. The summed E-state index contributed by atoms with van der Waals surface area (Å²) in [6, 6.07) is 8.64. The summed E-state index contributed by atoms with van der Waals surface area (Å²) in [6.45, 7) is 0. The number of carbonyl (C=O) groups excluding carboxylic acids is 2. The average Bonchev–Trinajstić information content (AvgIpc) is 2.56. The number of hydrogen-bond acceptors (Lipinski definition) is 3. The Labute approximate surface area is 97.7 Å². The van der Waals surface area contributed by atoms with Crippen molar-refractivity contribution in [3.8, 4) is 6.07 Å². The molecule has 84 valence electrons. The molecule has 0 aromatic heterocycles. The van der Waals surface area contributed by atoms with E-state index in [1.54, 1.807) is 37.4 Å². The van der Waals surface area contributed by atoms with Crippen LogP contribution in [0, 0.1) is 11.3 Å². The molecule has 0 unspecified atom stereocenters. The minimum absolute atomic E-state index is 0.0816. The maximum Gasteiger partial charge on any atom is 0.260 e. The Morgan fingerprint density at radius 2 is 2.06 bits per heavy atom. The van der Waals surface area contributed by atoms with E-state index >= 15 is 0 Å². The lowest BCUT2D eigenvalue weighted by Gasteiger charge is -2.07. The molecule has 0 bridgehead atoms. The molecule has 2 N–H and O–H groups in total. The second kappa shape index (κ2) is 3.76. The van der Waals surface area contributed by atoms with Crippen molar-refractivity contribution < 1.29 is 9.59 Å². The Morgan fingerprint density at radius 3 is 2.65 bits per heavy atom. The number of nitrogens with two attached hydrogens (primary N) is 1. The predicted octanol–water partition coefficient (Wildman–Crippen LogP) is 0.425. The SMILES string of the molecule is CN1C(=O)/C(=C(/C#N)C(N)=O)c2ccccc21. The molecular weight excluding hydrogens is 218 g/mol. The van der Waals surface area contributed by atoms with Gasteiger partial charge in [0.1, 0.15) is 11.6 Å². The molecule has 0 radical (unpaired) electrons. The molecule has 1 aromatic carbocycles. The van der Waals surface area contributed by atoms with Crippen LogP contribution in [0.2, 0.25) is 0 Å². The minimum Gasteiger partial charge on any atom is -0.365 e. The van der Waals surface area contributed by atoms with Gasteiger partial charge < -0.3 is 10.6 Å². The van der Waals surface area contributed by atoms with E-state index in [0.29, 0.717) is 11.3 Å². The van der Waals surface area contributed by atoms with Gasteiger partial charge in [0.25, 0.3) is 11.8 Å². The Hall–Kier alpha value is -2.61. The molecule has 0 fully saturated rings. The molecule has 2 rings (SSSR count). The van der Waals surface area contributed by atoms with E-state index in [9.17, 15) is 9.59 Å². The maximum atomic E-state index is 12.0. The van der Waals surface area contributed by atoms with Gasteiger partial charge >= 0.3 is 0 Å². The van der Waals surface area contributed by atoms with Crippen LogP contribution in [-0.2, 0) is 9.59 Å². The van der Waals surface area contributed by atoms with Crippen LogP contribution in [0.25, 0.3) is 5.57 Å². The van der Waals surface area contributed by atoms with Gasteiger partial charge in [0.15, 0.2) is 0 Å². The summed E-state index contributed by atoms with van der Waals surface area (Å²) in [6.07, 6.45) is 0. The fourth-order valence-electron chi connectivity index (χ4n) is 1.85. The molecule has 0 spiro atoms. The van der Waals surface area contributed by atoms with Gasteiger partial charge in [0.2, 0.25) is 0 Å². The number of likely N-dealkylation sites (N-methyl/N-ethyl adjacent to an activating group) is 1. The van der Waals surface area contributed by atoms with Crippen LogP contribution in [0.3, 0.4) is 0 Å². The summed E-state index contributed by atoms with van der Waals surface area (Å²) in [5, 5.41) is 8.91. The van der Waals surface area contributed by atoms with Gasteiger partial charge in [-0.25, -0.2) is 0 Å². The van der Waals surface area contributed by atoms with E-state index in [1.807, 2.05) is 0 Å². The standard InChI is InChI=1S/C12H9N3O2/c1-15-9-5-3-2-4-7(9)10(12(15)17)8(6-13)11(14)16/h2-5H,1H3,(H2,14,16)/b10-8-. The van der Waals surface area contributed by atoms with E-state index in [4.69, 9.17) is 11.0 Å². The topological polar surface area (TPSA) is 87.2 Å². The molecule has 1 aliphatic rings. The maximum absolute atomic E-state index is 12.0. The van der Waals surface area contributed by atoms with Crippen molar-refractivity contribution in [2.24, 2.45) is 5.73 Å². The molecule has 5 heteroatoms. The molecule has 0 aliphatic carbocycles. The Balaban J connectivity index is 2.78. The van der Waals surface area contributed by atoms with Crippen molar-refractivity contribution in [2.45, 2.75) is 0 Å². The number of nitrogens with zero attached hydrogens (tertiary/aromatic N) is 2. The summed E-state index contributed by atoms with van der Waals surface area (Å²) in [5.74, 6) is -1.28. The van der Waals surface area contributed by atoms with Gasteiger partial charge in [-0.3, -0.25) is 9.59 Å². The van der Waals surface area contributed by atoms with Gasteiger partial charge in [0, 0.05) is 12.6 Å². The zero-order chi connectivity index (χ0) is 12.6. The van der Waals surface area contributed by atoms with Gasteiger partial charge in [-0.15, -0.1) is 0 Å². The van der Waals surface area contributed by atoms with Gasteiger partial charge in [0.05, 0.1) is 11.3 Å². The van der Waals surface area contributed by atoms with E-state index in [2.05, 4.69) is 0 Å². The Morgan fingerprint density at radius 1 is 1.41 bits per heavy atom. The second-order valence-electron chi connectivity index (χ2n) is 3.61. The molecule has 1 heterocycles. The largest absolute Gasteiger partial charge is 0.365 e. The van der Waals surface area contributed by atoms with Crippen LogP contribution in [-0.4, -0.2) is 18.9 Å². The molecule has 2 amide bonds. The fraction of sp³-hybridized carbons (Fsp3) is 0.0833. The summed E-state index contributed by atoms with van der Waals surface area (Å²) in [5.41, 5.74) is 6.12. The summed E-state index contributed by atoms with van der Waals surface area (Å²) < 4.78 is 0. The van der Waals surface area contributed by atoms with Crippen LogP contribution in [0.5, 0.6) is 0 Å². The third-order valence-electron chi connectivity index (χ3n) is 2.66. The van der Waals surface area contributed by atoms with Crippen LogP contribution in [0.4, 0.5) is 5.69 Å². The van der Waals surface area contributed by atoms with Crippen molar-refractivity contribution in [3.63, 3.8) is 0 Å². The number of anilines is 1. The number of rotatable bonds is 1. The Kier molecular flexibility index (Phi) is 2.41. The van der Waals surface area contributed by atoms with Crippen LogP contribution >= 0.6 is 0 Å². The van der Waals surface area contributed by atoms with Crippen molar-refractivity contribution in [3.05, 3.63) is 35.4 Å². The normalized spacial score (nSPS) is 16.5. The van der Waals surface area contributed by atoms with E-state index in [1.165, 1.54) is 4.90 Å². The highest BCUT2D eigenvalue weighted by Gasteiger charge is 2.33. The number of fused-ring (bicyclic) bond motifs is 1. The lowest BCUT2D eigenvalue weighted by Crippen LogP contribution is -2.23. The minimum atomic E-state index is -0.888. The molecule has 0 saturated heterocycles. The number of carbonyl (C=O) groups is 2. The predicted molar refractivity (Wildman–Crippen MR) is 61.6 cm³/mol. The summed E-state index contributed by atoms with van der Waals surface area (Å²) in [4.78, 5) is 24.5. The first kappa shape index (κ1) is 10.9. The zero-order valence-electron chi connectivity index (χ0n) is 9.10. The molecule has 5 nitrogen and oxygen atoms in total. The van der Waals surface area contributed by atoms with Gasteiger partial charge in [-0.2, -0.15) is 5.26 Å². The number of primary amides is 1. The first-order valence-electron chi connectivity index (χ1n) is 4.89. The molecule has 1 aromatic rings. The van der Waals surface area contributed by atoms with Gasteiger partial charge in [-0.05, 0) is 6.07 Å². The van der Waals surface area contributed by atoms with Crippen molar-refractivity contribution in [1.29, 1.82) is 5.26 Å². The number of hydrogen-bond donors (Lipinski definition) is 1. The number of para-hydroxylation sites is 1. The highest BCUT2D eigenvalue weighted by molar-refractivity contribution is 6.36. The Bertz CT molecular complexity index is 596. The van der Waals surface area contributed by atoms with Crippen molar-refractivity contribution >= 4 is 23.1 Å². The lowest BCUT2D eigenvalue weighted by atomic mass is 10.0. The van der Waals surface area contributed by atoms with Gasteiger partial charge in [-0.1, -0.05) is 18.2 Å². The smallest absolute Gasteiger partial charge is 0.260 e. The lowest BCUT2D eigenvalue weighted by molar-refractivity contribution is -0.115. The highest BCUT2D eigenvalue weighted by Crippen LogP contribution is 2.36. The van der Waals surface area contributed by atoms with E-state index < -0.39 is 5.91 Å². The molecule has 17 heavy (non-hydrogen) atoms. The molecule has 1 aliphatic heterocycles. The second-order valence-corrected chi connectivity index (χ2v) is 3.61. The van der Waals surface area contributed by atoms with E-state index in [-0.39, 0.29) is 17.1 Å². The number of nitriles is 1. The van der Waals surface area contributed by atoms with E-state index in [0.717, 1.165) is 0 Å². The van der Waals surface area contributed by atoms with Crippen molar-refractivity contribution in [1.82, 2.24) is 0 Å². The third kappa shape index (κ3) is 1.47. The molecular formula is C12H9N3O2. The first-order chi connectivity index (χ1) is 8.07. The van der Waals surface area contributed by atoms with Crippen LogP contribution < -0.4 is 10.6 Å². The quantitative estimate of drug-likeness (QED) is 0.557. The zero-order valence-corrected chi connectivity index (χ0v) is 9.10. The number of amides is 2.